The Labute approximate surface area is 195 Å². The third-order valence-electron chi connectivity index (χ3n) is 4.89. The minimum atomic E-state index is -0.944. The Morgan fingerprint density at radius 1 is 1.03 bits per heavy atom. The first kappa shape index (κ1) is 21.7. The number of fused-ring (bicyclic) bond motifs is 1. The quantitative estimate of drug-likeness (QED) is 0.363. The van der Waals surface area contributed by atoms with Crippen molar-refractivity contribution in [2.45, 2.75) is 6.10 Å². The van der Waals surface area contributed by atoms with E-state index in [1.165, 1.54) is 12.1 Å². The molecular formula is C23H19Br2NO5. The topological polar surface area (TPSA) is 105 Å². The maximum absolute atomic E-state index is 10.8. The number of benzene rings is 3. The van der Waals surface area contributed by atoms with Crippen LogP contribution in [-0.2, 0) is 0 Å². The Hall–Kier alpha value is -2.52. The number of halogens is 2. The fourth-order valence-corrected chi connectivity index (χ4v) is 4.08. The minimum absolute atomic E-state index is 0.0100. The van der Waals surface area contributed by atoms with Crippen LogP contribution in [0.3, 0.4) is 0 Å². The van der Waals surface area contributed by atoms with Gasteiger partial charge >= 0.3 is 0 Å². The molecule has 0 fully saturated rings. The highest BCUT2D eigenvalue weighted by Gasteiger charge is 2.30. The van der Waals surface area contributed by atoms with Crippen molar-refractivity contribution in [3.05, 3.63) is 86.0 Å². The molecule has 4 rings (SSSR count). The molecule has 1 aliphatic rings. The molecule has 5 N–H and O–H groups in total. The van der Waals surface area contributed by atoms with E-state index in [0.717, 1.165) is 14.5 Å². The number of aliphatic hydroxyl groups is 1. The van der Waals surface area contributed by atoms with Gasteiger partial charge in [0.1, 0.15) is 29.6 Å². The number of rotatable bonds is 5. The number of nitrogens with two attached hydrogens (primary N) is 1. The van der Waals surface area contributed by atoms with Crippen LogP contribution in [0.25, 0.3) is 5.57 Å². The van der Waals surface area contributed by atoms with Crippen LogP contribution in [-0.4, -0.2) is 28.5 Å². The summed E-state index contributed by atoms with van der Waals surface area (Å²) < 4.78 is 13.7. The molecule has 1 aliphatic heterocycles. The van der Waals surface area contributed by atoms with Gasteiger partial charge < -0.3 is 30.5 Å². The summed E-state index contributed by atoms with van der Waals surface area (Å²) in [6.07, 6.45) is -0.944. The number of hydrogen-bond donors (Lipinski definition) is 4. The smallest absolute Gasteiger partial charge is 0.150 e. The summed E-state index contributed by atoms with van der Waals surface area (Å²) in [5.41, 5.74) is 7.93. The molecule has 0 spiro atoms. The van der Waals surface area contributed by atoms with E-state index in [9.17, 15) is 15.3 Å². The number of aliphatic hydroxyl groups excluding tert-OH is 1. The largest absolute Gasteiger partial charge is 0.508 e. The van der Waals surface area contributed by atoms with Gasteiger partial charge in [0.25, 0.3) is 0 Å². The highest BCUT2D eigenvalue weighted by atomic mass is 79.9. The van der Waals surface area contributed by atoms with Crippen LogP contribution in [0.1, 0.15) is 22.8 Å². The maximum atomic E-state index is 10.8. The molecule has 8 heteroatoms. The van der Waals surface area contributed by atoms with Crippen molar-refractivity contribution in [2.24, 2.45) is 5.73 Å². The van der Waals surface area contributed by atoms with E-state index in [2.05, 4.69) is 31.9 Å². The molecule has 0 aliphatic carbocycles. The number of hydrogen-bond acceptors (Lipinski definition) is 6. The Morgan fingerprint density at radius 2 is 1.84 bits per heavy atom. The van der Waals surface area contributed by atoms with Crippen LogP contribution in [0.5, 0.6) is 23.0 Å². The lowest BCUT2D eigenvalue weighted by atomic mass is 9.90. The standard InChI is InChI=1S/C23H19Br2NO5/c24-16-6-4-12(8-17(16)25)21-20(31-14-3-1-2-13(27)9-14)11-30-23-15(19(29)10-26)5-7-18(28)22(21)23/h1-9,19,27-29H,10-11,26H2/t19-/m0/s1. The number of phenols is 2. The van der Waals surface area contributed by atoms with Crippen molar-refractivity contribution in [1.82, 2.24) is 0 Å². The second-order valence-electron chi connectivity index (χ2n) is 6.94. The number of aromatic hydroxyl groups is 2. The first-order valence-corrected chi connectivity index (χ1v) is 11.0. The normalized spacial score (nSPS) is 14.1. The molecule has 1 heterocycles. The highest BCUT2D eigenvalue weighted by molar-refractivity contribution is 9.13. The molecule has 0 aromatic heterocycles. The number of ether oxygens (including phenoxy) is 2. The SMILES string of the molecule is NC[C@H](O)c1ccc(O)c2c1OCC(Oc1cccc(O)c1)=C2c1ccc(Br)c(Br)c1. The molecule has 0 amide bonds. The molecule has 6 nitrogen and oxygen atoms in total. The highest BCUT2D eigenvalue weighted by Crippen LogP contribution is 2.47. The van der Waals surface area contributed by atoms with Crippen LogP contribution in [0.4, 0.5) is 0 Å². The van der Waals surface area contributed by atoms with Crippen LogP contribution in [0.15, 0.2) is 69.3 Å². The van der Waals surface area contributed by atoms with Crippen LogP contribution in [0.2, 0.25) is 0 Å². The lowest BCUT2D eigenvalue weighted by Gasteiger charge is -2.28. The molecule has 0 bridgehead atoms. The summed E-state index contributed by atoms with van der Waals surface area (Å²) in [6.45, 7) is 0.0650. The third kappa shape index (κ3) is 4.29. The van der Waals surface area contributed by atoms with Gasteiger partial charge in [-0.15, -0.1) is 0 Å². The van der Waals surface area contributed by atoms with E-state index < -0.39 is 6.10 Å². The molecule has 0 unspecified atom stereocenters. The van der Waals surface area contributed by atoms with E-state index in [1.807, 2.05) is 18.2 Å². The van der Waals surface area contributed by atoms with E-state index >= 15 is 0 Å². The fraction of sp³-hybridized carbons (Fsp3) is 0.130. The van der Waals surface area contributed by atoms with Crippen molar-refractivity contribution in [3.63, 3.8) is 0 Å². The average Bonchev–Trinajstić information content (AvgIpc) is 2.75. The summed E-state index contributed by atoms with van der Waals surface area (Å²) in [6, 6.07) is 15.2. The predicted octanol–water partition coefficient (Wildman–Crippen LogP) is 4.85. The van der Waals surface area contributed by atoms with E-state index in [4.69, 9.17) is 15.2 Å². The van der Waals surface area contributed by atoms with Crippen molar-refractivity contribution < 1.29 is 24.8 Å². The zero-order chi connectivity index (χ0) is 22.1. The lowest BCUT2D eigenvalue weighted by Crippen LogP contribution is -2.20. The van der Waals surface area contributed by atoms with Crippen LogP contribution in [0, 0.1) is 0 Å². The maximum Gasteiger partial charge on any atom is 0.150 e. The van der Waals surface area contributed by atoms with E-state index in [0.29, 0.717) is 34.0 Å². The van der Waals surface area contributed by atoms with Crippen molar-refractivity contribution in [3.8, 4) is 23.0 Å². The van der Waals surface area contributed by atoms with Crippen molar-refractivity contribution in [2.75, 3.05) is 13.2 Å². The van der Waals surface area contributed by atoms with Crippen molar-refractivity contribution in [1.29, 1.82) is 0 Å². The molecule has 0 saturated heterocycles. The fourth-order valence-electron chi connectivity index (χ4n) is 3.45. The van der Waals surface area contributed by atoms with Crippen molar-refractivity contribution >= 4 is 37.4 Å². The first-order chi connectivity index (χ1) is 14.9. The van der Waals surface area contributed by atoms with Gasteiger partial charge in [0.05, 0.1) is 11.7 Å². The zero-order valence-corrected chi connectivity index (χ0v) is 19.4. The van der Waals surface area contributed by atoms with Gasteiger partial charge in [0, 0.05) is 32.7 Å². The van der Waals surface area contributed by atoms with E-state index in [1.54, 1.807) is 24.3 Å². The molecule has 160 valence electrons. The molecular weight excluding hydrogens is 530 g/mol. The second-order valence-corrected chi connectivity index (χ2v) is 8.65. The van der Waals surface area contributed by atoms with Gasteiger partial charge in [-0.3, -0.25) is 0 Å². The summed E-state index contributed by atoms with van der Waals surface area (Å²) in [5.74, 6) is 1.28. The van der Waals surface area contributed by atoms with Crippen LogP contribution < -0.4 is 15.2 Å². The lowest BCUT2D eigenvalue weighted by molar-refractivity contribution is 0.178. The molecule has 0 saturated carbocycles. The first-order valence-electron chi connectivity index (χ1n) is 9.41. The third-order valence-corrected chi connectivity index (χ3v) is 6.77. The summed E-state index contributed by atoms with van der Waals surface area (Å²) >= 11 is 7.00. The minimum Gasteiger partial charge on any atom is -0.508 e. The summed E-state index contributed by atoms with van der Waals surface area (Å²) in [5, 5.41) is 30.9. The molecule has 3 aromatic carbocycles. The number of phenolic OH excluding ortho intramolecular Hbond substituents is 2. The second kappa shape index (κ2) is 8.92. The van der Waals surface area contributed by atoms with Gasteiger partial charge in [-0.1, -0.05) is 12.1 Å². The Balaban J connectivity index is 1.95. The Bertz CT molecular complexity index is 1180. The molecule has 3 aromatic rings. The Kier molecular flexibility index (Phi) is 6.24. The predicted molar refractivity (Wildman–Crippen MR) is 124 cm³/mol. The van der Waals surface area contributed by atoms with Gasteiger partial charge in [0.15, 0.2) is 5.76 Å². The van der Waals surface area contributed by atoms with Gasteiger partial charge in [-0.05, 0) is 73.8 Å². The Morgan fingerprint density at radius 3 is 2.55 bits per heavy atom. The van der Waals surface area contributed by atoms with Crippen LogP contribution >= 0.6 is 31.9 Å². The van der Waals surface area contributed by atoms with Gasteiger partial charge in [-0.25, -0.2) is 0 Å². The van der Waals surface area contributed by atoms with Gasteiger partial charge in [0.2, 0.25) is 0 Å². The summed E-state index contributed by atoms with van der Waals surface area (Å²) in [4.78, 5) is 0. The molecule has 0 radical (unpaired) electrons. The monoisotopic (exact) mass is 547 g/mol. The van der Waals surface area contributed by atoms with Gasteiger partial charge in [-0.2, -0.15) is 0 Å². The molecule has 31 heavy (non-hydrogen) atoms. The zero-order valence-electron chi connectivity index (χ0n) is 16.2. The average molecular weight is 549 g/mol. The molecule has 1 atom stereocenters. The summed E-state index contributed by atoms with van der Waals surface area (Å²) in [7, 11) is 0. The van der Waals surface area contributed by atoms with E-state index in [-0.39, 0.29) is 24.7 Å².